The van der Waals surface area contributed by atoms with Gasteiger partial charge in [-0.25, -0.2) is 4.79 Å². The van der Waals surface area contributed by atoms with E-state index in [0.29, 0.717) is 0 Å². The van der Waals surface area contributed by atoms with Gasteiger partial charge in [-0.3, -0.25) is 9.36 Å². The molecular weight excluding hydrogens is 134 g/mol. The van der Waals surface area contributed by atoms with E-state index in [9.17, 15) is 9.59 Å². The number of hydrogen-bond acceptors (Lipinski definition) is 2. The molecular formula is C6H5NO3. The number of pyridine rings is 1. The van der Waals surface area contributed by atoms with Gasteiger partial charge < -0.3 is 5.11 Å². The molecule has 4 nitrogen and oxygen atoms in total. The zero-order valence-electron chi connectivity index (χ0n) is 5.02. The summed E-state index contributed by atoms with van der Waals surface area (Å²) in [6.07, 6.45) is 1.30. The second-order valence-electron chi connectivity index (χ2n) is 1.72. The SMILES string of the molecule is O=C(O)n1ccc(=O)cc1. The van der Waals surface area contributed by atoms with Crippen LogP contribution >= 0.6 is 0 Å². The van der Waals surface area contributed by atoms with Crippen molar-refractivity contribution in [1.29, 1.82) is 0 Å². The summed E-state index contributed by atoms with van der Waals surface area (Å²) in [5.41, 5.74) is -0.197. The lowest BCUT2D eigenvalue weighted by Gasteiger charge is -1.93. The van der Waals surface area contributed by atoms with Gasteiger partial charge in [0.15, 0.2) is 5.43 Å². The minimum absolute atomic E-state index is 0.197. The van der Waals surface area contributed by atoms with Crippen LogP contribution in [0.5, 0.6) is 0 Å². The molecule has 0 saturated carbocycles. The summed E-state index contributed by atoms with van der Waals surface area (Å²) in [4.78, 5) is 20.6. The van der Waals surface area contributed by atoms with Crippen molar-refractivity contribution >= 4 is 6.09 Å². The van der Waals surface area contributed by atoms with Crippen molar-refractivity contribution in [2.75, 3.05) is 0 Å². The van der Waals surface area contributed by atoms with Crippen LogP contribution in [0.4, 0.5) is 4.79 Å². The number of hydrogen-bond donors (Lipinski definition) is 1. The molecule has 52 valence electrons. The van der Waals surface area contributed by atoms with E-state index in [4.69, 9.17) is 5.11 Å². The Hall–Kier alpha value is -1.58. The first-order valence-electron chi connectivity index (χ1n) is 2.62. The molecule has 1 rings (SSSR count). The summed E-state index contributed by atoms with van der Waals surface area (Å²) < 4.78 is 0.904. The predicted molar refractivity (Wildman–Crippen MR) is 34.1 cm³/mol. The van der Waals surface area contributed by atoms with Gasteiger partial charge in [0.1, 0.15) is 0 Å². The lowest BCUT2D eigenvalue weighted by atomic mass is 10.5. The molecule has 0 aliphatic carbocycles. The summed E-state index contributed by atoms with van der Waals surface area (Å²) in [7, 11) is 0. The van der Waals surface area contributed by atoms with Crippen LogP contribution in [0.1, 0.15) is 0 Å². The highest BCUT2D eigenvalue weighted by molar-refractivity contribution is 5.67. The zero-order valence-corrected chi connectivity index (χ0v) is 5.02. The number of rotatable bonds is 0. The highest BCUT2D eigenvalue weighted by Crippen LogP contribution is 1.81. The van der Waals surface area contributed by atoms with E-state index in [1.165, 1.54) is 24.5 Å². The minimum atomic E-state index is -1.10. The fourth-order valence-corrected chi connectivity index (χ4v) is 0.540. The normalized spacial score (nSPS) is 9.20. The molecule has 10 heavy (non-hydrogen) atoms. The largest absolute Gasteiger partial charge is 0.464 e. The van der Waals surface area contributed by atoms with E-state index < -0.39 is 6.09 Å². The Morgan fingerprint density at radius 1 is 1.40 bits per heavy atom. The van der Waals surface area contributed by atoms with Crippen molar-refractivity contribution in [1.82, 2.24) is 4.57 Å². The lowest BCUT2D eigenvalue weighted by Crippen LogP contribution is -2.10. The zero-order chi connectivity index (χ0) is 7.56. The van der Waals surface area contributed by atoms with Gasteiger partial charge in [0.25, 0.3) is 0 Å². The van der Waals surface area contributed by atoms with Gasteiger partial charge in [-0.15, -0.1) is 0 Å². The van der Waals surface area contributed by atoms with Gasteiger partial charge in [0, 0.05) is 24.5 Å². The van der Waals surface area contributed by atoms with Gasteiger partial charge in [0.05, 0.1) is 0 Å². The molecule has 0 aliphatic rings. The van der Waals surface area contributed by atoms with Crippen LogP contribution in [0, 0.1) is 0 Å². The number of nitrogens with zero attached hydrogens (tertiary/aromatic N) is 1. The molecule has 0 aromatic carbocycles. The molecule has 1 N–H and O–H groups in total. The van der Waals surface area contributed by atoms with E-state index in [1.54, 1.807) is 0 Å². The van der Waals surface area contributed by atoms with Gasteiger partial charge in [0.2, 0.25) is 0 Å². The summed E-state index contributed by atoms with van der Waals surface area (Å²) in [5, 5.41) is 8.34. The summed E-state index contributed by atoms with van der Waals surface area (Å²) >= 11 is 0. The van der Waals surface area contributed by atoms with Crippen molar-refractivity contribution in [3.63, 3.8) is 0 Å². The molecule has 0 spiro atoms. The third-order valence-electron chi connectivity index (χ3n) is 1.02. The summed E-state index contributed by atoms with van der Waals surface area (Å²) in [6, 6.07) is 2.38. The first kappa shape index (κ1) is 6.54. The maximum absolute atomic E-state index is 10.4. The molecule has 1 heterocycles. The van der Waals surface area contributed by atoms with E-state index in [1.807, 2.05) is 0 Å². The van der Waals surface area contributed by atoms with Crippen LogP contribution in [-0.4, -0.2) is 15.8 Å². The van der Waals surface area contributed by atoms with Crippen LogP contribution in [0.3, 0.4) is 0 Å². The van der Waals surface area contributed by atoms with E-state index in [0.717, 1.165) is 4.57 Å². The first-order valence-corrected chi connectivity index (χ1v) is 2.62. The highest BCUT2D eigenvalue weighted by Gasteiger charge is 1.94. The quantitative estimate of drug-likeness (QED) is 0.565. The molecule has 0 bridgehead atoms. The second-order valence-corrected chi connectivity index (χ2v) is 1.72. The van der Waals surface area contributed by atoms with Crippen LogP contribution in [0.2, 0.25) is 0 Å². The molecule has 4 heteroatoms. The van der Waals surface area contributed by atoms with Gasteiger partial charge in [-0.2, -0.15) is 0 Å². The van der Waals surface area contributed by atoms with Gasteiger partial charge in [-0.1, -0.05) is 0 Å². The molecule has 0 aliphatic heterocycles. The smallest absolute Gasteiger partial charge is 0.415 e. The maximum Gasteiger partial charge on any atom is 0.415 e. The molecule has 0 fully saturated rings. The second kappa shape index (κ2) is 2.34. The Morgan fingerprint density at radius 2 is 1.90 bits per heavy atom. The Bertz CT molecular complexity index is 282. The van der Waals surface area contributed by atoms with Crippen LogP contribution in [0.15, 0.2) is 29.3 Å². The first-order chi connectivity index (χ1) is 4.70. The van der Waals surface area contributed by atoms with E-state index >= 15 is 0 Å². The molecule has 0 saturated heterocycles. The lowest BCUT2D eigenvalue weighted by molar-refractivity contribution is 0.196. The molecule has 0 radical (unpaired) electrons. The minimum Gasteiger partial charge on any atom is -0.464 e. The molecule has 0 amide bonds. The molecule has 1 aromatic heterocycles. The Balaban J connectivity index is 3.12. The average molecular weight is 139 g/mol. The Labute approximate surface area is 56.3 Å². The maximum atomic E-state index is 10.4. The number of carbonyl (C=O) groups is 1. The number of aromatic nitrogens is 1. The van der Waals surface area contributed by atoms with E-state index in [-0.39, 0.29) is 5.43 Å². The van der Waals surface area contributed by atoms with Gasteiger partial charge >= 0.3 is 6.09 Å². The average Bonchev–Trinajstić information content (AvgIpc) is 1.88. The van der Waals surface area contributed by atoms with Gasteiger partial charge in [-0.05, 0) is 0 Å². The fourth-order valence-electron chi connectivity index (χ4n) is 0.540. The highest BCUT2D eigenvalue weighted by atomic mass is 16.4. The third kappa shape index (κ3) is 1.22. The summed E-state index contributed by atoms with van der Waals surface area (Å²) in [5.74, 6) is 0. The van der Waals surface area contributed by atoms with Crippen molar-refractivity contribution in [2.24, 2.45) is 0 Å². The molecule has 0 atom stereocenters. The van der Waals surface area contributed by atoms with Crippen molar-refractivity contribution in [2.45, 2.75) is 0 Å². The fraction of sp³-hybridized carbons (Fsp3) is 0. The standard InChI is InChI=1S/C6H5NO3/c8-5-1-3-7(4-2-5)6(9)10/h1-4H,(H,9,10). The van der Waals surface area contributed by atoms with Crippen molar-refractivity contribution < 1.29 is 9.90 Å². The summed E-state index contributed by atoms with van der Waals surface area (Å²) in [6.45, 7) is 0. The molecule has 1 aromatic rings. The van der Waals surface area contributed by atoms with Crippen LogP contribution in [0.25, 0.3) is 0 Å². The molecule has 0 unspecified atom stereocenters. The monoisotopic (exact) mass is 139 g/mol. The number of carboxylic acid groups (broad SMARTS) is 1. The van der Waals surface area contributed by atoms with Crippen molar-refractivity contribution in [3.8, 4) is 0 Å². The Kier molecular flexibility index (Phi) is 1.53. The topological polar surface area (TPSA) is 59.3 Å². The van der Waals surface area contributed by atoms with Crippen molar-refractivity contribution in [3.05, 3.63) is 34.7 Å². The van der Waals surface area contributed by atoms with Crippen LogP contribution < -0.4 is 5.43 Å². The van der Waals surface area contributed by atoms with E-state index in [2.05, 4.69) is 0 Å². The van der Waals surface area contributed by atoms with Crippen LogP contribution in [-0.2, 0) is 0 Å². The predicted octanol–water partition coefficient (Wildman–Crippen LogP) is 0.374. The Morgan fingerprint density at radius 3 is 2.30 bits per heavy atom. The third-order valence-corrected chi connectivity index (χ3v) is 1.02.